The third kappa shape index (κ3) is 4.38. The highest BCUT2D eigenvalue weighted by Gasteiger charge is 2.25. The number of methoxy groups -OCH3 is 1. The number of anilines is 2. The van der Waals surface area contributed by atoms with Gasteiger partial charge >= 0.3 is 6.03 Å². The lowest BCUT2D eigenvalue weighted by Gasteiger charge is -2.22. The van der Waals surface area contributed by atoms with Crippen molar-refractivity contribution in [2.24, 2.45) is 0 Å². The van der Waals surface area contributed by atoms with Gasteiger partial charge in [-0.1, -0.05) is 6.92 Å². The average molecular weight is 335 g/mol. The molecule has 24 heavy (non-hydrogen) atoms. The van der Waals surface area contributed by atoms with E-state index in [4.69, 9.17) is 4.74 Å². The van der Waals surface area contributed by atoms with Crippen LogP contribution in [0.1, 0.15) is 33.1 Å². The van der Waals surface area contributed by atoms with Gasteiger partial charge in [0.2, 0.25) is 5.91 Å². The molecule has 1 aromatic carbocycles. The van der Waals surface area contributed by atoms with Gasteiger partial charge in [0.05, 0.1) is 18.4 Å². The van der Waals surface area contributed by atoms with Crippen LogP contribution >= 0.6 is 0 Å². The number of carbonyl (C=O) groups is 2. The summed E-state index contributed by atoms with van der Waals surface area (Å²) < 4.78 is 5.32. The number of amides is 3. The van der Waals surface area contributed by atoms with Crippen LogP contribution < -0.4 is 20.3 Å². The molecule has 3 N–H and O–H groups in total. The number of urea groups is 1. The van der Waals surface area contributed by atoms with Crippen molar-refractivity contribution in [1.29, 1.82) is 0 Å². The van der Waals surface area contributed by atoms with Gasteiger partial charge in [-0.15, -0.1) is 0 Å². The summed E-state index contributed by atoms with van der Waals surface area (Å²) in [7, 11) is 1.55. The van der Waals surface area contributed by atoms with Gasteiger partial charge in [-0.25, -0.2) is 4.79 Å². The number of aliphatic hydroxyl groups is 1. The molecule has 1 aromatic rings. The fourth-order valence-corrected chi connectivity index (χ4v) is 2.45. The Kier molecular flexibility index (Phi) is 5.66. The van der Waals surface area contributed by atoms with Gasteiger partial charge in [-0.2, -0.15) is 0 Å². The number of rotatable bonds is 6. The molecule has 1 atom stereocenters. The quantitative estimate of drug-likeness (QED) is 0.742. The Balaban J connectivity index is 2.08. The number of nitrogens with zero attached hydrogens (tertiary/aromatic N) is 1. The Morgan fingerprint density at radius 2 is 2.21 bits per heavy atom. The summed E-state index contributed by atoms with van der Waals surface area (Å²) in [6.45, 7) is 4.31. The molecule has 0 aromatic heterocycles. The van der Waals surface area contributed by atoms with Crippen LogP contribution in [0.4, 0.5) is 16.2 Å². The monoisotopic (exact) mass is 335 g/mol. The number of hydrogen-bond acceptors (Lipinski definition) is 4. The van der Waals surface area contributed by atoms with Crippen molar-refractivity contribution in [3.05, 3.63) is 18.2 Å². The first-order valence-electron chi connectivity index (χ1n) is 8.12. The van der Waals surface area contributed by atoms with Crippen molar-refractivity contribution in [3.8, 4) is 5.75 Å². The van der Waals surface area contributed by atoms with Crippen molar-refractivity contribution < 1.29 is 19.4 Å². The van der Waals surface area contributed by atoms with Crippen LogP contribution in [0.5, 0.6) is 5.75 Å². The predicted molar refractivity (Wildman–Crippen MR) is 92.5 cm³/mol. The Hall–Kier alpha value is -2.28. The summed E-state index contributed by atoms with van der Waals surface area (Å²) in [5.74, 6) is 0.638. The van der Waals surface area contributed by atoms with Crippen molar-refractivity contribution >= 4 is 23.3 Å². The number of nitrogens with one attached hydrogen (secondary N) is 2. The van der Waals surface area contributed by atoms with Crippen LogP contribution in [-0.4, -0.2) is 42.8 Å². The first kappa shape index (κ1) is 18.1. The molecule has 0 unspecified atom stereocenters. The minimum absolute atomic E-state index is 0.0499. The van der Waals surface area contributed by atoms with E-state index in [9.17, 15) is 14.7 Å². The molecule has 7 nitrogen and oxygen atoms in total. The van der Waals surface area contributed by atoms with E-state index >= 15 is 0 Å². The second-order valence-electron chi connectivity index (χ2n) is 6.19. The highest BCUT2D eigenvalue weighted by atomic mass is 16.5. The highest BCUT2D eigenvalue weighted by molar-refractivity contribution is 5.98. The molecular formula is C17H25N3O4. The minimum Gasteiger partial charge on any atom is -0.495 e. The third-order valence-corrected chi connectivity index (χ3v) is 4.19. The fraction of sp³-hybridized carbons (Fsp3) is 0.529. The zero-order chi connectivity index (χ0) is 17.7. The molecule has 0 spiro atoms. The van der Waals surface area contributed by atoms with E-state index in [1.165, 1.54) is 0 Å². The second-order valence-corrected chi connectivity index (χ2v) is 6.19. The third-order valence-electron chi connectivity index (χ3n) is 4.19. The minimum atomic E-state index is -0.940. The van der Waals surface area contributed by atoms with Gasteiger partial charge < -0.3 is 25.4 Å². The zero-order valence-electron chi connectivity index (χ0n) is 14.4. The summed E-state index contributed by atoms with van der Waals surface area (Å²) in [5.41, 5.74) is 0.266. The summed E-state index contributed by atoms with van der Waals surface area (Å²) in [6.07, 6.45) is 1.87. The number of ether oxygens (including phenoxy) is 1. The molecule has 3 amide bonds. The van der Waals surface area contributed by atoms with Crippen molar-refractivity contribution in [3.63, 3.8) is 0 Å². The van der Waals surface area contributed by atoms with E-state index < -0.39 is 11.6 Å². The van der Waals surface area contributed by atoms with E-state index in [1.54, 1.807) is 37.1 Å². The molecule has 1 fully saturated rings. The Labute approximate surface area is 142 Å². The summed E-state index contributed by atoms with van der Waals surface area (Å²) in [6, 6.07) is 4.74. The Bertz CT molecular complexity index is 616. The molecule has 7 heteroatoms. The molecule has 0 saturated carbocycles. The first-order valence-corrected chi connectivity index (χ1v) is 8.12. The van der Waals surface area contributed by atoms with Crippen LogP contribution in [0.25, 0.3) is 0 Å². The van der Waals surface area contributed by atoms with Crippen LogP contribution in [0.3, 0.4) is 0 Å². The van der Waals surface area contributed by atoms with E-state index in [2.05, 4.69) is 10.6 Å². The standard InChI is InChI=1S/C17H25N3O4/c1-4-17(2,23)11-18-16(22)19-12-7-8-14(24-3)13(10-12)20-9-5-6-15(20)21/h7-8,10,23H,4-6,9,11H2,1-3H3,(H2,18,19,22)/t17-/m0/s1. The Morgan fingerprint density at radius 1 is 1.46 bits per heavy atom. The molecule has 1 saturated heterocycles. The van der Waals surface area contributed by atoms with Gasteiger partial charge in [0.15, 0.2) is 0 Å². The van der Waals surface area contributed by atoms with E-state index in [0.717, 1.165) is 6.42 Å². The number of benzene rings is 1. The molecule has 1 aliphatic rings. The van der Waals surface area contributed by atoms with Gasteiger partial charge in [-0.3, -0.25) is 4.79 Å². The lowest BCUT2D eigenvalue weighted by molar-refractivity contribution is -0.117. The maximum absolute atomic E-state index is 12.0. The largest absolute Gasteiger partial charge is 0.495 e. The van der Waals surface area contributed by atoms with Crippen LogP contribution in [0.15, 0.2) is 18.2 Å². The first-order chi connectivity index (χ1) is 11.4. The van der Waals surface area contributed by atoms with E-state index in [1.807, 2.05) is 6.92 Å². The van der Waals surface area contributed by atoms with Crippen LogP contribution in [-0.2, 0) is 4.79 Å². The van der Waals surface area contributed by atoms with Crippen LogP contribution in [0.2, 0.25) is 0 Å². The van der Waals surface area contributed by atoms with Gasteiger partial charge in [0.25, 0.3) is 0 Å². The molecular weight excluding hydrogens is 310 g/mol. The van der Waals surface area contributed by atoms with Gasteiger partial charge in [0, 0.05) is 25.2 Å². The predicted octanol–water partition coefficient (Wildman–Crippen LogP) is 2.10. The van der Waals surface area contributed by atoms with Crippen LogP contribution in [0, 0.1) is 0 Å². The maximum atomic E-state index is 12.0. The molecule has 1 heterocycles. The number of hydrogen-bond donors (Lipinski definition) is 3. The molecule has 0 aliphatic carbocycles. The normalized spacial score (nSPS) is 16.7. The maximum Gasteiger partial charge on any atom is 0.319 e. The highest BCUT2D eigenvalue weighted by Crippen LogP contribution is 2.33. The summed E-state index contributed by atoms with van der Waals surface area (Å²) >= 11 is 0. The molecule has 132 valence electrons. The lowest BCUT2D eigenvalue weighted by atomic mass is 10.0. The number of carbonyl (C=O) groups excluding carboxylic acids is 2. The van der Waals surface area contributed by atoms with Crippen molar-refractivity contribution in [1.82, 2.24) is 5.32 Å². The topological polar surface area (TPSA) is 90.9 Å². The zero-order valence-corrected chi connectivity index (χ0v) is 14.4. The van der Waals surface area contributed by atoms with Crippen molar-refractivity contribution in [2.75, 3.05) is 30.4 Å². The summed E-state index contributed by atoms with van der Waals surface area (Å²) in [5, 5.41) is 15.3. The second kappa shape index (κ2) is 7.53. The fourth-order valence-electron chi connectivity index (χ4n) is 2.45. The lowest BCUT2D eigenvalue weighted by Crippen LogP contribution is -2.41. The van der Waals surface area contributed by atoms with Gasteiger partial charge in [0.1, 0.15) is 5.75 Å². The smallest absolute Gasteiger partial charge is 0.319 e. The SMILES string of the molecule is CC[C@](C)(O)CNC(=O)Nc1ccc(OC)c(N2CCCC2=O)c1. The van der Waals surface area contributed by atoms with E-state index in [0.29, 0.717) is 36.5 Å². The molecule has 0 bridgehead atoms. The van der Waals surface area contributed by atoms with Gasteiger partial charge in [-0.05, 0) is 38.0 Å². The molecule has 0 radical (unpaired) electrons. The van der Waals surface area contributed by atoms with E-state index in [-0.39, 0.29) is 12.5 Å². The molecule has 1 aliphatic heterocycles. The summed E-state index contributed by atoms with van der Waals surface area (Å²) in [4.78, 5) is 25.6. The molecule has 2 rings (SSSR count). The average Bonchev–Trinajstić information content (AvgIpc) is 2.99. The Morgan fingerprint density at radius 3 is 2.79 bits per heavy atom. The van der Waals surface area contributed by atoms with Crippen molar-refractivity contribution in [2.45, 2.75) is 38.7 Å².